The van der Waals surface area contributed by atoms with E-state index in [-0.39, 0.29) is 30.2 Å². The van der Waals surface area contributed by atoms with Crippen LogP contribution in [0.15, 0.2) is 85.2 Å². The summed E-state index contributed by atoms with van der Waals surface area (Å²) in [5.41, 5.74) is 3.77. The summed E-state index contributed by atoms with van der Waals surface area (Å²) >= 11 is 0. The van der Waals surface area contributed by atoms with Crippen molar-refractivity contribution in [2.45, 2.75) is 19.4 Å². The van der Waals surface area contributed by atoms with Crippen LogP contribution in [0.3, 0.4) is 0 Å². The van der Waals surface area contributed by atoms with Crippen LogP contribution in [0, 0.1) is 23.6 Å². The number of anilines is 2. The van der Waals surface area contributed by atoms with Crippen molar-refractivity contribution in [1.29, 1.82) is 0 Å². The van der Waals surface area contributed by atoms with Gasteiger partial charge in [-0.2, -0.15) is 5.10 Å². The highest BCUT2D eigenvalue weighted by Gasteiger charge is 2.44. The number of halogens is 1. The summed E-state index contributed by atoms with van der Waals surface area (Å²) in [5.74, 6) is 2.87. The number of benzene rings is 3. The topological polar surface area (TPSA) is 110 Å². The Labute approximate surface area is 278 Å². The van der Waals surface area contributed by atoms with Gasteiger partial charge >= 0.3 is 0 Å². The largest absolute Gasteiger partial charge is 0.368 e. The predicted octanol–water partition coefficient (Wildman–Crippen LogP) is 4.83. The number of carbonyl (C=O) groups is 2. The van der Waals surface area contributed by atoms with Crippen LogP contribution in [-0.4, -0.2) is 87.1 Å². The van der Waals surface area contributed by atoms with Crippen LogP contribution in [0.2, 0.25) is 0 Å². The molecule has 11 heteroatoms. The number of rotatable bonds is 7. The van der Waals surface area contributed by atoms with Crippen molar-refractivity contribution in [3.05, 3.63) is 91.0 Å². The van der Waals surface area contributed by atoms with Crippen LogP contribution in [0.25, 0.3) is 33.5 Å². The number of carbonyl (C=O) groups excluding carboxylic acids is 2. The molecule has 1 unspecified atom stereocenters. The maximum Gasteiger partial charge on any atom is 0.244 e. The Morgan fingerprint density at radius 3 is 2.50 bits per heavy atom. The monoisotopic (exact) mass is 642 g/mol. The molecule has 2 N–H and O–H groups in total. The van der Waals surface area contributed by atoms with E-state index in [9.17, 15) is 14.0 Å². The van der Waals surface area contributed by atoms with Gasteiger partial charge in [0.1, 0.15) is 11.2 Å². The Hall–Kier alpha value is -5.60. The molecule has 0 radical (unpaired) electrons. The Kier molecular flexibility index (Phi) is 8.33. The minimum Gasteiger partial charge on any atom is -0.368 e. The normalized spacial score (nSPS) is 19.7. The van der Waals surface area contributed by atoms with Crippen molar-refractivity contribution in [3.8, 4) is 35.0 Å². The first kappa shape index (κ1) is 31.0. The third kappa shape index (κ3) is 6.10. The highest BCUT2D eigenvalue weighted by molar-refractivity contribution is 6.01. The lowest BCUT2D eigenvalue weighted by Gasteiger charge is -2.41. The number of H-pyrrole nitrogens is 1. The zero-order chi connectivity index (χ0) is 33.3. The quantitative estimate of drug-likeness (QED) is 0.245. The zero-order valence-electron chi connectivity index (χ0n) is 26.6. The highest BCUT2D eigenvalue weighted by atomic mass is 19.1. The van der Waals surface area contributed by atoms with Crippen LogP contribution in [-0.2, 0) is 9.59 Å². The number of nitrogens with zero attached hydrogens (tertiary/aromatic N) is 6. The number of aromatic amines is 1. The Morgan fingerprint density at radius 1 is 1.02 bits per heavy atom. The maximum atomic E-state index is 13.6. The van der Waals surface area contributed by atoms with Gasteiger partial charge in [-0.05, 0) is 86.1 Å². The van der Waals surface area contributed by atoms with Crippen LogP contribution >= 0.6 is 0 Å². The van der Waals surface area contributed by atoms with Gasteiger partial charge < -0.3 is 15.1 Å². The van der Waals surface area contributed by atoms with Crippen molar-refractivity contribution >= 4 is 34.1 Å². The smallest absolute Gasteiger partial charge is 0.244 e. The second-order valence-corrected chi connectivity index (χ2v) is 12.5. The number of fused-ring (bicyclic) bond motifs is 1. The fourth-order valence-electron chi connectivity index (χ4n) is 6.68. The fourth-order valence-corrected chi connectivity index (χ4v) is 6.68. The molecule has 2 amide bonds. The molecule has 2 atom stereocenters. The van der Waals surface area contributed by atoms with Gasteiger partial charge in [-0.25, -0.2) is 14.4 Å². The molecular weight excluding hydrogens is 607 g/mol. The molecular formula is C37H35FN8O2. The number of likely N-dealkylation sites (tertiary alicyclic amines) is 1. The Bertz CT molecular complexity index is 1990. The number of aromatic nitrogens is 4. The summed E-state index contributed by atoms with van der Waals surface area (Å²) < 4.78 is 13.5. The van der Waals surface area contributed by atoms with E-state index in [1.165, 1.54) is 12.1 Å². The van der Waals surface area contributed by atoms with Gasteiger partial charge in [-0.1, -0.05) is 5.92 Å². The lowest BCUT2D eigenvalue weighted by Crippen LogP contribution is -2.56. The van der Waals surface area contributed by atoms with Crippen molar-refractivity contribution in [2.24, 2.45) is 5.41 Å². The second-order valence-electron chi connectivity index (χ2n) is 12.5. The van der Waals surface area contributed by atoms with Crippen molar-refractivity contribution in [1.82, 2.24) is 30.0 Å². The number of piperazine rings is 1. The Balaban J connectivity index is 0.959. The third-order valence-corrected chi connectivity index (χ3v) is 9.36. The molecule has 0 saturated carbocycles. The molecule has 4 heterocycles. The van der Waals surface area contributed by atoms with E-state index < -0.39 is 5.41 Å². The molecule has 2 fully saturated rings. The minimum absolute atomic E-state index is 0.0179. The van der Waals surface area contributed by atoms with Gasteiger partial charge in [0.2, 0.25) is 11.8 Å². The average Bonchev–Trinajstić information content (AvgIpc) is 3.74. The highest BCUT2D eigenvalue weighted by Crippen LogP contribution is 2.33. The van der Waals surface area contributed by atoms with Gasteiger partial charge in [0.15, 0.2) is 5.82 Å². The minimum atomic E-state index is -1.06. The van der Waals surface area contributed by atoms with Gasteiger partial charge in [-0.3, -0.25) is 19.6 Å². The van der Waals surface area contributed by atoms with E-state index >= 15 is 0 Å². The van der Waals surface area contributed by atoms with Gasteiger partial charge in [0, 0.05) is 79.0 Å². The van der Waals surface area contributed by atoms with Crippen LogP contribution in [0.4, 0.5) is 15.8 Å². The molecule has 2 saturated heterocycles. The van der Waals surface area contributed by atoms with Gasteiger partial charge in [0.25, 0.3) is 0 Å². The van der Waals surface area contributed by atoms with Crippen LogP contribution in [0.1, 0.15) is 13.3 Å². The summed E-state index contributed by atoms with van der Waals surface area (Å²) in [7, 11) is 0. The molecule has 2 aromatic heterocycles. The first-order chi connectivity index (χ1) is 23.3. The van der Waals surface area contributed by atoms with E-state index in [4.69, 9.17) is 6.42 Å². The molecule has 48 heavy (non-hydrogen) atoms. The number of hydrogen-bond acceptors (Lipinski definition) is 7. The molecule has 0 spiro atoms. The first-order valence-corrected chi connectivity index (χ1v) is 16.0. The fraction of sp³-hybridized carbons (Fsp3) is 0.270. The Morgan fingerprint density at radius 2 is 1.77 bits per heavy atom. The number of hydrogen-bond donors (Lipinski definition) is 2. The summed E-state index contributed by atoms with van der Waals surface area (Å²) in [6.45, 7) is 5.15. The summed E-state index contributed by atoms with van der Waals surface area (Å²) in [6, 6.07) is 21.6. The zero-order valence-corrected chi connectivity index (χ0v) is 26.6. The maximum absolute atomic E-state index is 13.6. The van der Waals surface area contributed by atoms with Gasteiger partial charge in [0.05, 0.1) is 17.8 Å². The molecule has 7 rings (SSSR count). The average molecular weight is 643 g/mol. The van der Waals surface area contributed by atoms with E-state index in [0.29, 0.717) is 49.8 Å². The molecule has 0 bridgehead atoms. The lowest BCUT2D eigenvalue weighted by molar-refractivity contribution is -0.135. The third-order valence-electron chi connectivity index (χ3n) is 9.36. The summed E-state index contributed by atoms with van der Waals surface area (Å²) in [6.07, 6.45) is 9.90. The lowest BCUT2D eigenvalue weighted by atomic mass is 9.87. The van der Waals surface area contributed by atoms with Crippen molar-refractivity contribution < 1.29 is 14.0 Å². The summed E-state index contributed by atoms with van der Waals surface area (Å²) in [4.78, 5) is 42.0. The van der Waals surface area contributed by atoms with E-state index in [1.54, 1.807) is 36.7 Å². The predicted molar refractivity (Wildman–Crippen MR) is 183 cm³/mol. The molecule has 5 aromatic rings. The van der Waals surface area contributed by atoms with E-state index in [1.807, 2.05) is 34.1 Å². The SMILES string of the molecule is C#CC1(C(=O)Nc2ccc3[nH]nc(-c4ccc(F)cc4)c3c2)CCN(CC(=O)N2CCN(c3ccc(-c4ncccn4)cc3)C[C@H]2C)C1. The molecule has 3 aromatic carbocycles. The standard InChI is InChI=1S/C37H35FN8O2/c1-3-37(36(48)41-29-11-14-32-31(21-29)34(43-42-32)26-5-9-28(38)10-6-26)15-18-44(24-37)23-33(47)46-20-19-45(22-25(46)2)30-12-7-27(8-13-30)35-39-16-4-17-40-35/h1,4-14,16-17,21,25H,15,18-20,22-24H2,2H3,(H,41,48)(H,42,43)/t25-,37?/m1/s1. The molecule has 242 valence electrons. The van der Waals surface area contributed by atoms with Crippen molar-refractivity contribution in [2.75, 3.05) is 49.5 Å². The van der Waals surface area contributed by atoms with E-state index in [2.05, 4.69) is 55.4 Å². The molecule has 2 aliphatic heterocycles. The molecule has 10 nitrogen and oxygen atoms in total. The summed E-state index contributed by atoms with van der Waals surface area (Å²) in [5, 5.41) is 11.2. The van der Waals surface area contributed by atoms with E-state index in [0.717, 1.165) is 34.3 Å². The number of terminal acetylenes is 1. The first-order valence-electron chi connectivity index (χ1n) is 16.0. The second kappa shape index (κ2) is 12.9. The number of nitrogens with one attached hydrogen (secondary N) is 2. The molecule has 0 aliphatic carbocycles. The van der Waals surface area contributed by atoms with Crippen LogP contribution < -0.4 is 10.2 Å². The van der Waals surface area contributed by atoms with Gasteiger partial charge in [-0.15, -0.1) is 6.42 Å². The number of amides is 2. The van der Waals surface area contributed by atoms with Crippen LogP contribution in [0.5, 0.6) is 0 Å². The van der Waals surface area contributed by atoms with Crippen molar-refractivity contribution in [3.63, 3.8) is 0 Å². The molecule has 2 aliphatic rings.